The molecule has 0 aliphatic carbocycles. The van der Waals surface area contributed by atoms with Crippen LogP contribution in [0.15, 0.2) is 57.9 Å². The molecule has 0 saturated carbocycles. The van der Waals surface area contributed by atoms with Gasteiger partial charge in [-0.3, -0.25) is 4.79 Å². The lowest BCUT2D eigenvalue weighted by atomic mass is 10.2. The number of halogens is 1. The molecule has 3 rings (SSSR count). The van der Waals surface area contributed by atoms with Crippen LogP contribution in [0.1, 0.15) is 29.6 Å². The molecular weight excluding hydrogens is 454 g/mol. The van der Waals surface area contributed by atoms with E-state index in [-0.39, 0.29) is 10.8 Å². The third-order valence-corrected chi connectivity index (χ3v) is 7.62. The van der Waals surface area contributed by atoms with Crippen LogP contribution in [0.4, 0.5) is 5.69 Å². The number of amides is 1. The van der Waals surface area contributed by atoms with E-state index in [0.717, 1.165) is 31.5 Å². The highest BCUT2D eigenvalue weighted by Gasteiger charge is 2.28. The highest BCUT2D eigenvalue weighted by atomic mass is 79.9. The van der Waals surface area contributed by atoms with Gasteiger partial charge < -0.3 is 10.2 Å². The van der Waals surface area contributed by atoms with Gasteiger partial charge in [-0.2, -0.15) is 4.31 Å². The normalized spacial score (nSPS) is 14.7. The first kappa shape index (κ1) is 21.8. The zero-order valence-corrected chi connectivity index (χ0v) is 18.9. The van der Waals surface area contributed by atoms with Crippen LogP contribution >= 0.6 is 15.9 Å². The first-order valence-electron chi connectivity index (χ1n) is 9.73. The summed E-state index contributed by atoms with van der Waals surface area (Å²) in [7, 11) is -1.54. The molecule has 0 spiro atoms. The van der Waals surface area contributed by atoms with E-state index >= 15 is 0 Å². The fourth-order valence-corrected chi connectivity index (χ4v) is 5.31. The summed E-state index contributed by atoms with van der Waals surface area (Å²) in [6, 6.07) is 14.7. The Balaban J connectivity index is 1.59. The fraction of sp³-hybridized carbons (Fsp3) is 0.381. The number of sulfonamides is 1. The molecule has 1 amide bonds. The Bertz CT molecular complexity index is 945. The maximum absolute atomic E-state index is 12.8. The number of rotatable bonds is 8. The summed E-state index contributed by atoms with van der Waals surface area (Å²) >= 11 is 3.37. The van der Waals surface area contributed by atoms with Gasteiger partial charge in [0.05, 0.1) is 10.5 Å². The Kier molecular flexibility index (Phi) is 7.32. The Morgan fingerprint density at radius 2 is 1.83 bits per heavy atom. The number of nitrogens with one attached hydrogen (secondary N) is 1. The maximum Gasteiger partial charge on any atom is 0.252 e. The summed E-state index contributed by atoms with van der Waals surface area (Å²) in [5.74, 6) is -0.280. The highest BCUT2D eigenvalue weighted by Crippen LogP contribution is 2.25. The second kappa shape index (κ2) is 9.73. The minimum Gasteiger partial charge on any atom is -0.375 e. The molecule has 0 atom stereocenters. The number of benzene rings is 2. The molecule has 0 unspecified atom stereocenters. The van der Waals surface area contributed by atoms with E-state index in [1.807, 2.05) is 37.4 Å². The van der Waals surface area contributed by atoms with Crippen molar-refractivity contribution in [2.24, 2.45) is 0 Å². The molecule has 1 saturated heterocycles. The van der Waals surface area contributed by atoms with Crippen molar-refractivity contribution < 1.29 is 13.2 Å². The van der Waals surface area contributed by atoms with Gasteiger partial charge in [-0.05, 0) is 65.5 Å². The number of carbonyl (C=O) groups is 1. The molecule has 2 aromatic carbocycles. The lowest BCUT2D eigenvalue weighted by molar-refractivity contribution is 0.0952. The van der Waals surface area contributed by atoms with Gasteiger partial charge in [-0.25, -0.2) is 8.42 Å². The molecular formula is C21H26BrN3O3S. The van der Waals surface area contributed by atoms with E-state index in [9.17, 15) is 13.2 Å². The Labute approximate surface area is 181 Å². The van der Waals surface area contributed by atoms with Gasteiger partial charge in [0.2, 0.25) is 10.0 Å². The molecule has 1 aliphatic heterocycles. The van der Waals surface area contributed by atoms with Crippen LogP contribution in [-0.4, -0.2) is 51.9 Å². The largest absolute Gasteiger partial charge is 0.375 e. The van der Waals surface area contributed by atoms with Crippen LogP contribution in [0.5, 0.6) is 0 Å². The number of hydrogen-bond donors (Lipinski definition) is 1. The van der Waals surface area contributed by atoms with E-state index in [1.165, 1.54) is 10.4 Å². The van der Waals surface area contributed by atoms with Crippen molar-refractivity contribution in [2.45, 2.75) is 24.2 Å². The number of nitrogens with zero attached hydrogens (tertiary/aromatic N) is 2. The molecule has 1 aliphatic rings. The van der Waals surface area contributed by atoms with E-state index in [1.54, 1.807) is 12.1 Å². The zero-order valence-electron chi connectivity index (χ0n) is 16.5. The van der Waals surface area contributed by atoms with Crippen molar-refractivity contribution in [3.05, 3.63) is 58.6 Å². The third kappa shape index (κ3) is 5.38. The predicted octanol–water partition coefficient (Wildman–Crippen LogP) is 3.49. The minimum atomic E-state index is -3.55. The van der Waals surface area contributed by atoms with Gasteiger partial charge in [0.15, 0.2) is 0 Å². The second-order valence-corrected chi connectivity index (χ2v) is 9.91. The molecule has 0 aromatic heterocycles. The Morgan fingerprint density at radius 1 is 1.14 bits per heavy atom. The lowest BCUT2D eigenvalue weighted by Crippen LogP contribution is -2.30. The standard InChI is InChI=1S/C21H26BrN3O3S/c1-24(17-8-3-2-4-9-17)13-7-12-23-21(26)19-16-18(10-11-20(19)22)29(27,28)25-14-5-6-15-25/h2-4,8-11,16H,5-7,12-15H2,1H3,(H,23,26). The molecule has 8 heteroatoms. The molecule has 1 fully saturated rings. The van der Waals surface area contributed by atoms with Crippen LogP contribution in [0.25, 0.3) is 0 Å². The molecule has 6 nitrogen and oxygen atoms in total. The van der Waals surface area contributed by atoms with Crippen LogP contribution in [0.2, 0.25) is 0 Å². The van der Waals surface area contributed by atoms with Gasteiger partial charge in [-0.1, -0.05) is 18.2 Å². The predicted molar refractivity (Wildman–Crippen MR) is 119 cm³/mol. The Hall–Kier alpha value is -1.90. The topological polar surface area (TPSA) is 69.7 Å². The monoisotopic (exact) mass is 479 g/mol. The smallest absolute Gasteiger partial charge is 0.252 e. The summed E-state index contributed by atoms with van der Waals surface area (Å²) in [6.45, 7) is 2.38. The molecule has 1 heterocycles. The van der Waals surface area contributed by atoms with Gasteiger partial charge >= 0.3 is 0 Å². The van der Waals surface area contributed by atoms with Crippen molar-refractivity contribution >= 4 is 37.5 Å². The zero-order chi connectivity index (χ0) is 20.9. The molecule has 2 aromatic rings. The van der Waals surface area contributed by atoms with Crippen molar-refractivity contribution in [1.29, 1.82) is 0 Å². The van der Waals surface area contributed by atoms with Gasteiger partial charge in [0.25, 0.3) is 5.91 Å². The summed E-state index contributed by atoms with van der Waals surface area (Å²) in [6.07, 6.45) is 2.53. The fourth-order valence-electron chi connectivity index (χ4n) is 3.34. The van der Waals surface area contributed by atoms with Gasteiger partial charge in [0, 0.05) is 43.4 Å². The van der Waals surface area contributed by atoms with Crippen LogP contribution in [0.3, 0.4) is 0 Å². The van der Waals surface area contributed by atoms with Crippen LogP contribution < -0.4 is 10.2 Å². The molecule has 1 N–H and O–H groups in total. The molecule has 0 bridgehead atoms. The van der Waals surface area contributed by atoms with E-state index in [0.29, 0.717) is 29.7 Å². The number of para-hydroxylation sites is 1. The third-order valence-electron chi connectivity index (χ3n) is 5.04. The lowest BCUT2D eigenvalue weighted by Gasteiger charge is -2.19. The van der Waals surface area contributed by atoms with Crippen molar-refractivity contribution in [3.63, 3.8) is 0 Å². The average Bonchev–Trinajstić information content (AvgIpc) is 3.27. The number of anilines is 1. The first-order chi connectivity index (χ1) is 13.9. The van der Waals surface area contributed by atoms with Crippen LogP contribution in [-0.2, 0) is 10.0 Å². The first-order valence-corrected chi connectivity index (χ1v) is 12.0. The minimum absolute atomic E-state index is 0.163. The van der Waals surface area contributed by atoms with Crippen LogP contribution in [0, 0.1) is 0 Å². The van der Waals surface area contributed by atoms with Gasteiger partial charge in [0.1, 0.15) is 0 Å². The number of hydrogen-bond acceptors (Lipinski definition) is 4. The molecule has 156 valence electrons. The highest BCUT2D eigenvalue weighted by molar-refractivity contribution is 9.10. The maximum atomic E-state index is 12.8. The summed E-state index contributed by atoms with van der Waals surface area (Å²) in [5, 5.41) is 2.89. The molecule has 0 radical (unpaired) electrons. The van der Waals surface area contributed by atoms with E-state index in [4.69, 9.17) is 0 Å². The average molecular weight is 480 g/mol. The van der Waals surface area contributed by atoms with Crippen molar-refractivity contribution in [3.8, 4) is 0 Å². The van der Waals surface area contributed by atoms with E-state index < -0.39 is 10.0 Å². The summed E-state index contributed by atoms with van der Waals surface area (Å²) in [4.78, 5) is 14.9. The number of carbonyl (C=O) groups excluding carboxylic acids is 1. The van der Waals surface area contributed by atoms with Crippen molar-refractivity contribution in [2.75, 3.05) is 38.1 Å². The SMILES string of the molecule is CN(CCCNC(=O)c1cc(S(=O)(=O)N2CCCC2)ccc1Br)c1ccccc1. The molecule has 29 heavy (non-hydrogen) atoms. The second-order valence-electron chi connectivity index (χ2n) is 7.12. The quantitative estimate of drug-likeness (QED) is 0.588. The van der Waals surface area contributed by atoms with E-state index in [2.05, 4.69) is 26.1 Å². The Morgan fingerprint density at radius 3 is 2.52 bits per heavy atom. The van der Waals surface area contributed by atoms with Crippen molar-refractivity contribution in [1.82, 2.24) is 9.62 Å². The summed E-state index contributed by atoms with van der Waals surface area (Å²) in [5.41, 5.74) is 1.46. The van der Waals surface area contributed by atoms with Gasteiger partial charge in [-0.15, -0.1) is 0 Å². The summed E-state index contributed by atoms with van der Waals surface area (Å²) < 4.78 is 27.6.